The molecule has 1 aromatic rings. The summed E-state index contributed by atoms with van der Waals surface area (Å²) in [5.41, 5.74) is 2.83. The highest BCUT2D eigenvalue weighted by Gasteiger charge is 2.34. The molecule has 5 heteroatoms. The maximum Gasteiger partial charge on any atom is 0.126 e. The maximum absolute atomic E-state index is 6.24. The predicted octanol–water partition coefficient (Wildman–Crippen LogP) is 3.22. The molecule has 0 saturated carbocycles. The van der Waals surface area contributed by atoms with E-state index in [1.807, 2.05) is 19.9 Å². The van der Waals surface area contributed by atoms with Crippen molar-refractivity contribution in [3.05, 3.63) is 16.7 Å². The van der Waals surface area contributed by atoms with Gasteiger partial charge in [0, 0.05) is 18.1 Å². The number of thiocarbonyl (C=S) groups is 1. The van der Waals surface area contributed by atoms with E-state index in [1.165, 1.54) is 5.56 Å². The average molecular weight is 269 g/mol. The van der Waals surface area contributed by atoms with Crippen LogP contribution in [0.4, 0.5) is 11.4 Å². The summed E-state index contributed by atoms with van der Waals surface area (Å²) in [7, 11) is 0. The molecule has 0 fully saturated rings. The summed E-state index contributed by atoms with van der Waals surface area (Å²) < 4.78 is 5.56. The third-order valence-electron chi connectivity index (χ3n) is 3.20. The van der Waals surface area contributed by atoms with E-state index in [0.29, 0.717) is 11.6 Å². The molecule has 0 amide bonds. The Morgan fingerprint density at radius 2 is 2.18 bits per heavy atom. The van der Waals surface area contributed by atoms with Gasteiger partial charge in [0.25, 0.3) is 0 Å². The second-order valence-electron chi connectivity index (χ2n) is 4.89. The van der Waals surface area contributed by atoms with Gasteiger partial charge in [-0.1, -0.05) is 23.8 Å². The fourth-order valence-electron chi connectivity index (χ4n) is 2.21. The SMILES string of the molecule is CC1(C)Nc2c3c(cc(Cl)c2NC1=S)OCC3. The second kappa shape index (κ2) is 3.50. The zero-order valence-electron chi connectivity index (χ0n) is 9.69. The van der Waals surface area contributed by atoms with Crippen molar-refractivity contribution in [1.82, 2.24) is 0 Å². The molecule has 0 unspecified atom stereocenters. The topological polar surface area (TPSA) is 33.3 Å². The Morgan fingerprint density at radius 3 is 2.94 bits per heavy atom. The van der Waals surface area contributed by atoms with Crippen molar-refractivity contribution in [2.45, 2.75) is 25.8 Å². The first-order valence-electron chi connectivity index (χ1n) is 5.57. The molecule has 2 aliphatic rings. The van der Waals surface area contributed by atoms with Crippen molar-refractivity contribution in [2.75, 3.05) is 17.2 Å². The van der Waals surface area contributed by atoms with Crippen LogP contribution >= 0.6 is 23.8 Å². The van der Waals surface area contributed by atoms with Crippen LogP contribution in [0.5, 0.6) is 5.75 Å². The normalized spacial score (nSPS) is 19.8. The van der Waals surface area contributed by atoms with Gasteiger partial charge in [-0.3, -0.25) is 0 Å². The van der Waals surface area contributed by atoms with E-state index in [1.54, 1.807) is 0 Å². The van der Waals surface area contributed by atoms with E-state index in [2.05, 4.69) is 10.6 Å². The summed E-state index contributed by atoms with van der Waals surface area (Å²) in [4.78, 5) is 0.755. The van der Waals surface area contributed by atoms with Crippen molar-refractivity contribution in [2.24, 2.45) is 0 Å². The number of fused-ring (bicyclic) bond motifs is 3. The van der Waals surface area contributed by atoms with Gasteiger partial charge in [0.2, 0.25) is 0 Å². The molecule has 0 bridgehead atoms. The van der Waals surface area contributed by atoms with Crippen molar-refractivity contribution in [1.29, 1.82) is 0 Å². The van der Waals surface area contributed by atoms with Gasteiger partial charge in [0.1, 0.15) is 10.7 Å². The smallest absolute Gasteiger partial charge is 0.126 e. The van der Waals surface area contributed by atoms with Gasteiger partial charge in [-0.05, 0) is 13.8 Å². The highest BCUT2D eigenvalue weighted by molar-refractivity contribution is 7.80. The highest BCUT2D eigenvalue weighted by atomic mass is 35.5. The largest absolute Gasteiger partial charge is 0.493 e. The minimum absolute atomic E-state index is 0.261. The number of benzene rings is 1. The molecule has 0 aliphatic carbocycles. The van der Waals surface area contributed by atoms with Crippen molar-refractivity contribution in [3.63, 3.8) is 0 Å². The number of rotatable bonds is 0. The summed E-state index contributed by atoms with van der Waals surface area (Å²) in [6, 6.07) is 1.86. The van der Waals surface area contributed by atoms with Crippen LogP contribution in [-0.2, 0) is 6.42 Å². The molecular formula is C12H13ClN2OS. The van der Waals surface area contributed by atoms with Gasteiger partial charge in [0.15, 0.2) is 0 Å². The Balaban J connectivity index is 2.20. The Hall–Kier alpha value is -1.00. The molecule has 3 rings (SSSR count). The highest BCUT2D eigenvalue weighted by Crippen LogP contribution is 2.45. The lowest BCUT2D eigenvalue weighted by atomic mass is 9.98. The zero-order chi connectivity index (χ0) is 12.2. The number of nitrogens with one attached hydrogen (secondary N) is 2. The van der Waals surface area contributed by atoms with Gasteiger partial charge in [0.05, 0.1) is 28.5 Å². The van der Waals surface area contributed by atoms with Crippen molar-refractivity contribution in [3.8, 4) is 5.75 Å². The maximum atomic E-state index is 6.24. The van der Waals surface area contributed by atoms with Crippen molar-refractivity contribution >= 4 is 40.2 Å². The molecule has 3 nitrogen and oxygen atoms in total. The van der Waals surface area contributed by atoms with Gasteiger partial charge in [-0.15, -0.1) is 0 Å². The third kappa shape index (κ3) is 1.58. The first kappa shape index (κ1) is 11.1. The number of anilines is 2. The van der Waals surface area contributed by atoms with E-state index in [4.69, 9.17) is 28.6 Å². The Bertz CT molecular complexity index is 528. The number of hydrogen-bond acceptors (Lipinski definition) is 3. The summed E-state index contributed by atoms with van der Waals surface area (Å²) >= 11 is 11.6. The zero-order valence-corrected chi connectivity index (χ0v) is 11.3. The number of halogens is 1. The quantitative estimate of drug-likeness (QED) is 0.708. The summed E-state index contributed by atoms with van der Waals surface area (Å²) in [5, 5.41) is 7.33. The fraction of sp³-hybridized carbons (Fsp3) is 0.417. The predicted molar refractivity (Wildman–Crippen MR) is 74.6 cm³/mol. The molecule has 0 atom stereocenters. The van der Waals surface area contributed by atoms with Crippen LogP contribution in [0.15, 0.2) is 6.07 Å². The van der Waals surface area contributed by atoms with Crippen LogP contribution in [0.2, 0.25) is 5.02 Å². The van der Waals surface area contributed by atoms with Crippen molar-refractivity contribution < 1.29 is 4.74 Å². The van der Waals surface area contributed by atoms with E-state index in [9.17, 15) is 0 Å². The summed E-state index contributed by atoms with van der Waals surface area (Å²) in [5.74, 6) is 0.881. The average Bonchev–Trinajstić information content (AvgIpc) is 2.69. The lowest BCUT2D eigenvalue weighted by Gasteiger charge is -2.36. The molecule has 0 saturated heterocycles. The lowest BCUT2D eigenvalue weighted by Crippen LogP contribution is -2.46. The fourth-order valence-corrected chi connectivity index (χ4v) is 2.60. The van der Waals surface area contributed by atoms with E-state index < -0.39 is 0 Å². The molecular weight excluding hydrogens is 256 g/mol. The lowest BCUT2D eigenvalue weighted by molar-refractivity contribution is 0.357. The van der Waals surface area contributed by atoms with Crippen LogP contribution in [0, 0.1) is 0 Å². The molecule has 0 spiro atoms. The number of hydrogen-bond donors (Lipinski definition) is 2. The summed E-state index contributed by atoms with van der Waals surface area (Å²) in [6.07, 6.45) is 0.909. The van der Waals surface area contributed by atoms with Gasteiger partial charge in [-0.25, -0.2) is 0 Å². The second-order valence-corrected chi connectivity index (χ2v) is 5.70. The number of ether oxygens (including phenoxy) is 1. The van der Waals surface area contributed by atoms with E-state index >= 15 is 0 Å². The minimum Gasteiger partial charge on any atom is -0.493 e. The Morgan fingerprint density at radius 1 is 1.41 bits per heavy atom. The molecule has 2 heterocycles. The van der Waals surface area contributed by atoms with Crippen LogP contribution in [0.1, 0.15) is 19.4 Å². The van der Waals surface area contributed by atoms with E-state index in [-0.39, 0.29) is 5.54 Å². The third-order valence-corrected chi connectivity index (χ3v) is 4.11. The van der Waals surface area contributed by atoms with Gasteiger partial charge in [-0.2, -0.15) is 0 Å². The molecule has 17 heavy (non-hydrogen) atoms. The van der Waals surface area contributed by atoms with E-state index in [0.717, 1.165) is 28.5 Å². The Kier molecular flexibility index (Phi) is 2.28. The molecule has 90 valence electrons. The van der Waals surface area contributed by atoms with Gasteiger partial charge >= 0.3 is 0 Å². The molecule has 2 aliphatic heterocycles. The van der Waals surface area contributed by atoms with Crippen LogP contribution in [0.3, 0.4) is 0 Å². The monoisotopic (exact) mass is 268 g/mol. The molecule has 0 aromatic heterocycles. The standard InChI is InChI=1S/C12H13ClN2OS/c1-12(2)11(17)14-10-7(13)5-8-6(3-4-16-8)9(10)15-12/h5,15H,3-4H2,1-2H3,(H,14,17). The molecule has 1 aromatic carbocycles. The molecule has 2 N–H and O–H groups in total. The Labute approximate surface area is 110 Å². The van der Waals surface area contributed by atoms with Crippen LogP contribution in [0.25, 0.3) is 0 Å². The van der Waals surface area contributed by atoms with Gasteiger partial charge < -0.3 is 15.4 Å². The first-order chi connectivity index (χ1) is 7.99. The molecule has 0 radical (unpaired) electrons. The van der Waals surface area contributed by atoms with Crippen LogP contribution < -0.4 is 15.4 Å². The van der Waals surface area contributed by atoms with Crippen LogP contribution in [-0.4, -0.2) is 17.1 Å². The minimum atomic E-state index is -0.261. The summed E-state index contributed by atoms with van der Waals surface area (Å²) in [6.45, 7) is 4.82. The first-order valence-corrected chi connectivity index (χ1v) is 6.35.